The van der Waals surface area contributed by atoms with Crippen LogP contribution in [0.1, 0.15) is 19.7 Å². The molecule has 1 heterocycles. The van der Waals surface area contributed by atoms with Crippen molar-refractivity contribution in [3.8, 4) is 0 Å². The number of likely N-dealkylation sites (N-methyl/N-ethyl adjacent to an activating group) is 1. The third-order valence-corrected chi connectivity index (χ3v) is 1.75. The van der Waals surface area contributed by atoms with Crippen molar-refractivity contribution in [3.05, 3.63) is 5.89 Å². The van der Waals surface area contributed by atoms with Gasteiger partial charge in [0, 0.05) is 7.05 Å². The van der Waals surface area contributed by atoms with Gasteiger partial charge in [-0.2, -0.15) is 0 Å². The first-order valence-corrected chi connectivity index (χ1v) is 4.78. The van der Waals surface area contributed by atoms with Gasteiger partial charge in [-0.15, -0.1) is 16.7 Å². The number of anilines is 1. The van der Waals surface area contributed by atoms with Gasteiger partial charge in [0.2, 0.25) is 5.89 Å². The van der Waals surface area contributed by atoms with Gasteiger partial charge in [0.05, 0.1) is 12.1 Å². The molecule has 0 radical (unpaired) electrons. The monoisotopic (exact) mass is 219 g/mol. The van der Waals surface area contributed by atoms with E-state index >= 15 is 0 Å². The molecule has 1 aromatic heterocycles. The highest BCUT2D eigenvalue weighted by atomic mass is 35.5. The van der Waals surface area contributed by atoms with Crippen LogP contribution in [0.15, 0.2) is 4.42 Å². The van der Waals surface area contributed by atoms with Crippen LogP contribution in [0.3, 0.4) is 0 Å². The molecule has 0 aromatic carbocycles. The van der Waals surface area contributed by atoms with Crippen molar-refractivity contribution in [3.63, 3.8) is 0 Å². The Hall–Kier alpha value is -0.810. The van der Waals surface area contributed by atoms with E-state index in [1.165, 1.54) is 0 Å². The van der Waals surface area contributed by atoms with E-state index in [4.69, 9.17) is 16.0 Å². The molecule has 1 aromatic rings. The number of halogens is 1. The third kappa shape index (κ3) is 3.16. The lowest BCUT2D eigenvalue weighted by Crippen LogP contribution is -2.36. The minimum Gasteiger partial charge on any atom is -0.407 e. The van der Waals surface area contributed by atoms with Crippen molar-refractivity contribution < 1.29 is 9.52 Å². The van der Waals surface area contributed by atoms with Crippen LogP contribution in [0, 0.1) is 0 Å². The first-order chi connectivity index (χ1) is 6.42. The van der Waals surface area contributed by atoms with Crippen molar-refractivity contribution >= 4 is 17.6 Å². The number of alkyl halides is 1. The first-order valence-electron chi connectivity index (χ1n) is 4.24. The maximum atomic E-state index is 9.56. The van der Waals surface area contributed by atoms with Crippen molar-refractivity contribution in [2.45, 2.75) is 25.3 Å². The average molecular weight is 220 g/mol. The van der Waals surface area contributed by atoms with Crippen molar-refractivity contribution in [2.75, 3.05) is 18.5 Å². The Morgan fingerprint density at radius 2 is 2.14 bits per heavy atom. The van der Waals surface area contributed by atoms with Crippen molar-refractivity contribution in [2.24, 2.45) is 0 Å². The number of hydrogen-bond acceptors (Lipinski definition) is 5. The molecular weight excluding hydrogens is 206 g/mol. The Bertz CT molecular complexity index is 295. The van der Waals surface area contributed by atoms with Gasteiger partial charge in [-0.3, -0.25) is 0 Å². The zero-order chi connectivity index (χ0) is 10.8. The van der Waals surface area contributed by atoms with Gasteiger partial charge in [0.25, 0.3) is 0 Å². The fourth-order valence-electron chi connectivity index (χ4n) is 1.10. The topological polar surface area (TPSA) is 62.4 Å². The lowest BCUT2D eigenvalue weighted by Gasteiger charge is -2.23. The maximum Gasteiger partial charge on any atom is 0.318 e. The summed E-state index contributed by atoms with van der Waals surface area (Å²) in [4.78, 5) is 1.68. The summed E-state index contributed by atoms with van der Waals surface area (Å²) in [6, 6.07) is 0.364. The molecule has 0 atom stereocenters. The minimum atomic E-state index is -0.801. The van der Waals surface area contributed by atoms with Gasteiger partial charge in [-0.1, -0.05) is 5.10 Å². The van der Waals surface area contributed by atoms with Crippen LogP contribution in [-0.4, -0.2) is 34.5 Å². The molecule has 6 heteroatoms. The maximum absolute atomic E-state index is 9.56. The zero-order valence-corrected chi connectivity index (χ0v) is 9.25. The highest BCUT2D eigenvalue weighted by Crippen LogP contribution is 2.14. The van der Waals surface area contributed by atoms with E-state index < -0.39 is 5.60 Å². The van der Waals surface area contributed by atoms with Gasteiger partial charge in [-0.25, -0.2) is 0 Å². The molecule has 80 valence electrons. The molecule has 0 aliphatic rings. The standard InChI is InChI=1S/C8H14ClN3O2/c1-8(2,13)5-12(3)7-11-10-6(4-9)14-7/h13H,4-5H2,1-3H3. The summed E-state index contributed by atoms with van der Waals surface area (Å²) < 4.78 is 5.20. The van der Waals surface area contributed by atoms with Crippen LogP contribution in [0.4, 0.5) is 6.01 Å². The summed E-state index contributed by atoms with van der Waals surface area (Å²) in [7, 11) is 1.77. The molecule has 5 nitrogen and oxygen atoms in total. The summed E-state index contributed by atoms with van der Waals surface area (Å²) in [6.07, 6.45) is 0. The number of aromatic nitrogens is 2. The second kappa shape index (κ2) is 4.14. The Balaban J connectivity index is 2.65. The quantitative estimate of drug-likeness (QED) is 0.766. The highest BCUT2D eigenvalue weighted by Gasteiger charge is 2.19. The highest BCUT2D eigenvalue weighted by molar-refractivity contribution is 6.16. The smallest absolute Gasteiger partial charge is 0.318 e. The number of rotatable bonds is 4. The molecule has 14 heavy (non-hydrogen) atoms. The molecule has 0 saturated carbocycles. The average Bonchev–Trinajstić information content (AvgIpc) is 2.48. The van der Waals surface area contributed by atoms with Crippen LogP contribution in [0.5, 0.6) is 0 Å². The number of hydrogen-bond donors (Lipinski definition) is 1. The molecule has 0 amide bonds. The molecule has 0 bridgehead atoms. The molecule has 1 N–H and O–H groups in total. The third-order valence-electron chi connectivity index (χ3n) is 1.52. The Morgan fingerprint density at radius 1 is 1.50 bits per heavy atom. The van der Waals surface area contributed by atoms with Crippen molar-refractivity contribution in [1.29, 1.82) is 0 Å². The van der Waals surface area contributed by atoms with Gasteiger partial charge in [0.15, 0.2) is 0 Å². The summed E-state index contributed by atoms with van der Waals surface area (Å²) in [5, 5.41) is 17.1. The SMILES string of the molecule is CN(CC(C)(C)O)c1nnc(CCl)o1. The van der Waals surface area contributed by atoms with Crippen LogP contribution < -0.4 is 4.90 Å². The lowest BCUT2D eigenvalue weighted by atomic mass is 10.1. The second-order valence-electron chi connectivity index (χ2n) is 3.78. The fraction of sp³-hybridized carbons (Fsp3) is 0.750. The second-order valence-corrected chi connectivity index (χ2v) is 4.05. The fourth-order valence-corrected chi connectivity index (χ4v) is 1.21. The molecule has 0 unspecified atom stereocenters. The van der Waals surface area contributed by atoms with Gasteiger partial charge in [-0.05, 0) is 13.8 Å². The van der Waals surface area contributed by atoms with Gasteiger partial charge in [0.1, 0.15) is 5.88 Å². The van der Waals surface area contributed by atoms with E-state index in [1.54, 1.807) is 25.8 Å². The van der Waals surface area contributed by atoms with Crippen LogP contribution in [-0.2, 0) is 5.88 Å². The van der Waals surface area contributed by atoms with Crippen LogP contribution in [0.2, 0.25) is 0 Å². The van der Waals surface area contributed by atoms with Gasteiger partial charge >= 0.3 is 6.01 Å². The number of nitrogens with zero attached hydrogens (tertiary/aromatic N) is 3. The lowest BCUT2D eigenvalue weighted by molar-refractivity contribution is 0.0874. The summed E-state index contributed by atoms with van der Waals surface area (Å²) >= 11 is 5.51. The molecule has 0 aliphatic carbocycles. The Kier molecular flexibility index (Phi) is 3.34. The molecular formula is C8H14ClN3O2. The molecule has 0 fully saturated rings. The van der Waals surface area contributed by atoms with Crippen LogP contribution >= 0.6 is 11.6 Å². The Morgan fingerprint density at radius 3 is 2.57 bits per heavy atom. The van der Waals surface area contributed by atoms with Crippen LogP contribution in [0.25, 0.3) is 0 Å². The summed E-state index contributed by atoms with van der Waals surface area (Å²) in [5.41, 5.74) is -0.801. The normalized spacial score (nSPS) is 11.8. The Labute approximate surface area is 87.7 Å². The molecule has 0 aliphatic heterocycles. The van der Waals surface area contributed by atoms with E-state index in [0.717, 1.165) is 0 Å². The van der Waals surface area contributed by atoms with E-state index in [0.29, 0.717) is 18.5 Å². The predicted octanol–water partition coefficient (Wildman–Crippen LogP) is 1.02. The molecule has 0 spiro atoms. The molecule has 1 rings (SSSR count). The van der Waals surface area contributed by atoms with Crippen molar-refractivity contribution in [1.82, 2.24) is 10.2 Å². The largest absolute Gasteiger partial charge is 0.407 e. The van der Waals surface area contributed by atoms with E-state index in [-0.39, 0.29) is 5.88 Å². The van der Waals surface area contributed by atoms with E-state index in [2.05, 4.69) is 10.2 Å². The van der Waals surface area contributed by atoms with Gasteiger partial charge < -0.3 is 14.4 Å². The van der Waals surface area contributed by atoms with E-state index in [9.17, 15) is 5.11 Å². The number of aliphatic hydroxyl groups is 1. The predicted molar refractivity (Wildman–Crippen MR) is 53.4 cm³/mol. The minimum absolute atomic E-state index is 0.198. The molecule has 0 saturated heterocycles. The first kappa shape index (κ1) is 11.3. The summed E-state index contributed by atoms with van der Waals surface area (Å²) in [5.74, 6) is 0.577. The zero-order valence-electron chi connectivity index (χ0n) is 8.49. The van der Waals surface area contributed by atoms with E-state index in [1.807, 2.05) is 0 Å². The summed E-state index contributed by atoms with van der Waals surface area (Å²) in [6.45, 7) is 3.83.